The second kappa shape index (κ2) is 4.30. The SMILES string of the molecule is CC(C)(SC(C)(C)n1cccc1)n1cccc1. The lowest BCUT2D eigenvalue weighted by Crippen LogP contribution is -2.31. The number of rotatable bonds is 4. The van der Waals surface area contributed by atoms with Crippen LogP contribution < -0.4 is 0 Å². The third-order valence-electron chi connectivity index (χ3n) is 2.95. The standard InChI is InChI=1S/C14H20N2S/c1-13(2,15-9-5-6-10-15)17-14(3,4)16-11-7-8-12-16/h5-12H,1-4H3. The second-order valence-corrected chi connectivity index (χ2v) is 7.38. The largest absolute Gasteiger partial charge is 0.340 e. The van der Waals surface area contributed by atoms with Gasteiger partial charge in [0.25, 0.3) is 0 Å². The molecule has 0 atom stereocenters. The van der Waals surface area contributed by atoms with Gasteiger partial charge in [0, 0.05) is 24.8 Å². The number of aromatic nitrogens is 2. The van der Waals surface area contributed by atoms with Gasteiger partial charge < -0.3 is 9.13 Å². The first-order valence-electron chi connectivity index (χ1n) is 5.89. The van der Waals surface area contributed by atoms with E-state index in [1.165, 1.54) is 0 Å². The minimum Gasteiger partial charge on any atom is -0.340 e. The van der Waals surface area contributed by atoms with Gasteiger partial charge in [-0.25, -0.2) is 0 Å². The molecule has 0 N–H and O–H groups in total. The van der Waals surface area contributed by atoms with Gasteiger partial charge in [-0.2, -0.15) is 0 Å². The summed E-state index contributed by atoms with van der Waals surface area (Å²) in [5.41, 5.74) is 0. The van der Waals surface area contributed by atoms with Crippen LogP contribution in [-0.2, 0) is 9.74 Å². The smallest absolute Gasteiger partial charge is 0.0864 e. The Morgan fingerprint density at radius 3 is 1.24 bits per heavy atom. The van der Waals surface area contributed by atoms with Gasteiger partial charge >= 0.3 is 0 Å². The highest BCUT2D eigenvalue weighted by Crippen LogP contribution is 2.42. The molecule has 0 fully saturated rings. The topological polar surface area (TPSA) is 9.86 Å². The normalized spacial score (nSPS) is 12.9. The summed E-state index contributed by atoms with van der Waals surface area (Å²) in [4.78, 5) is 0.0779. The lowest BCUT2D eigenvalue weighted by Gasteiger charge is -2.36. The Morgan fingerprint density at radius 2 is 0.941 bits per heavy atom. The van der Waals surface area contributed by atoms with Gasteiger partial charge in [0.1, 0.15) is 0 Å². The lowest BCUT2D eigenvalue weighted by molar-refractivity contribution is 0.486. The van der Waals surface area contributed by atoms with Crippen LogP contribution in [-0.4, -0.2) is 9.13 Å². The molecule has 17 heavy (non-hydrogen) atoms. The van der Waals surface area contributed by atoms with E-state index in [1.54, 1.807) is 0 Å². The number of hydrogen-bond acceptors (Lipinski definition) is 1. The molecule has 0 radical (unpaired) electrons. The van der Waals surface area contributed by atoms with Crippen LogP contribution in [0.5, 0.6) is 0 Å². The fraction of sp³-hybridized carbons (Fsp3) is 0.429. The zero-order valence-corrected chi connectivity index (χ0v) is 11.7. The minimum absolute atomic E-state index is 0.0390. The molecule has 92 valence electrons. The fourth-order valence-electron chi connectivity index (χ4n) is 2.10. The van der Waals surface area contributed by atoms with Gasteiger partial charge in [-0.1, -0.05) is 0 Å². The van der Waals surface area contributed by atoms with E-state index in [0.717, 1.165) is 0 Å². The van der Waals surface area contributed by atoms with E-state index in [0.29, 0.717) is 0 Å². The molecule has 0 amide bonds. The molecule has 0 aliphatic heterocycles. The van der Waals surface area contributed by atoms with Crippen LogP contribution in [0.3, 0.4) is 0 Å². The van der Waals surface area contributed by atoms with Crippen molar-refractivity contribution in [1.82, 2.24) is 9.13 Å². The molecule has 0 aliphatic rings. The second-order valence-electron chi connectivity index (χ2n) is 5.18. The summed E-state index contributed by atoms with van der Waals surface area (Å²) in [6.07, 6.45) is 8.49. The van der Waals surface area contributed by atoms with Crippen LogP contribution in [0.4, 0.5) is 0 Å². The number of thioether (sulfide) groups is 1. The average Bonchev–Trinajstić information content (AvgIpc) is 2.91. The Bertz CT molecular complexity index is 408. The Hall–Kier alpha value is -1.09. The van der Waals surface area contributed by atoms with E-state index >= 15 is 0 Å². The quantitative estimate of drug-likeness (QED) is 0.791. The molecule has 0 aliphatic carbocycles. The minimum atomic E-state index is 0.0390. The Labute approximate surface area is 108 Å². The van der Waals surface area contributed by atoms with Crippen LogP contribution in [0, 0.1) is 0 Å². The van der Waals surface area contributed by atoms with Crippen molar-refractivity contribution >= 4 is 11.8 Å². The molecule has 0 bridgehead atoms. The van der Waals surface area contributed by atoms with Crippen molar-refractivity contribution in [2.75, 3.05) is 0 Å². The van der Waals surface area contributed by atoms with Crippen LogP contribution in [0.2, 0.25) is 0 Å². The first kappa shape index (κ1) is 12.4. The van der Waals surface area contributed by atoms with Crippen molar-refractivity contribution in [1.29, 1.82) is 0 Å². The average molecular weight is 248 g/mol. The van der Waals surface area contributed by atoms with Gasteiger partial charge in [0.2, 0.25) is 0 Å². The summed E-state index contributed by atoms with van der Waals surface area (Å²) in [6, 6.07) is 8.30. The zero-order chi connectivity index (χ0) is 12.5. The number of nitrogens with zero attached hydrogens (tertiary/aromatic N) is 2. The molecule has 2 aromatic rings. The van der Waals surface area contributed by atoms with E-state index in [-0.39, 0.29) is 9.74 Å². The van der Waals surface area contributed by atoms with Crippen LogP contribution in [0.25, 0.3) is 0 Å². The molecule has 0 spiro atoms. The monoisotopic (exact) mass is 248 g/mol. The maximum Gasteiger partial charge on any atom is 0.0864 e. The summed E-state index contributed by atoms with van der Waals surface area (Å²) >= 11 is 1.95. The summed E-state index contributed by atoms with van der Waals surface area (Å²) < 4.78 is 4.51. The Kier molecular flexibility index (Phi) is 3.13. The third kappa shape index (κ3) is 2.60. The van der Waals surface area contributed by atoms with Gasteiger partial charge in [-0.15, -0.1) is 11.8 Å². The molecule has 2 aromatic heterocycles. The first-order chi connectivity index (χ1) is 7.92. The van der Waals surface area contributed by atoms with E-state index in [1.807, 2.05) is 11.8 Å². The third-order valence-corrected chi connectivity index (χ3v) is 4.37. The lowest BCUT2D eigenvalue weighted by atomic mass is 10.3. The Morgan fingerprint density at radius 1 is 0.647 bits per heavy atom. The summed E-state index contributed by atoms with van der Waals surface area (Å²) in [5.74, 6) is 0. The van der Waals surface area contributed by atoms with Crippen molar-refractivity contribution < 1.29 is 0 Å². The van der Waals surface area contributed by atoms with E-state index in [4.69, 9.17) is 0 Å². The number of hydrogen-bond donors (Lipinski definition) is 0. The van der Waals surface area contributed by atoms with E-state index < -0.39 is 0 Å². The zero-order valence-electron chi connectivity index (χ0n) is 10.9. The molecular weight excluding hydrogens is 228 g/mol. The summed E-state index contributed by atoms with van der Waals surface area (Å²) in [5, 5.41) is 0. The molecule has 0 saturated carbocycles. The highest BCUT2D eigenvalue weighted by Gasteiger charge is 2.31. The van der Waals surface area contributed by atoms with Crippen LogP contribution in [0.1, 0.15) is 27.7 Å². The fourth-order valence-corrected chi connectivity index (χ4v) is 3.78. The summed E-state index contributed by atoms with van der Waals surface area (Å²) in [7, 11) is 0. The first-order valence-corrected chi connectivity index (χ1v) is 6.70. The van der Waals surface area contributed by atoms with Crippen molar-refractivity contribution in [2.45, 2.75) is 37.4 Å². The van der Waals surface area contributed by atoms with Gasteiger partial charge in [-0.3, -0.25) is 0 Å². The molecular formula is C14H20N2S. The van der Waals surface area contributed by atoms with Gasteiger partial charge in [0.15, 0.2) is 0 Å². The predicted octanol–water partition coefficient (Wildman–Crippen LogP) is 4.11. The van der Waals surface area contributed by atoms with Crippen molar-refractivity contribution in [3.63, 3.8) is 0 Å². The van der Waals surface area contributed by atoms with Crippen molar-refractivity contribution in [2.24, 2.45) is 0 Å². The molecule has 0 saturated heterocycles. The van der Waals surface area contributed by atoms with Gasteiger partial charge in [-0.05, 0) is 52.0 Å². The summed E-state index contributed by atoms with van der Waals surface area (Å²) in [6.45, 7) is 9.01. The molecule has 3 heteroatoms. The maximum absolute atomic E-state index is 2.25. The van der Waals surface area contributed by atoms with E-state index in [9.17, 15) is 0 Å². The van der Waals surface area contributed by atoms with Crippen LogP contribution in [0.15, 0.2) is 49.1 Å². The predicted molar refractivity (Wildman–Crippen MR) is 75.1 cm³/mol. The Balaban J connectivity index is 2.21. The van der Waals surface area contributed by atoms with Crippen molar-refractivity contribution in [3.8, 4) is 0 Å². The van der Waals surface area contributed by atoms with Crippen molar-refractivity contribution in [3.05, 3.63) is 49.1 Å². The maximum atomic E-state index is 2.25. The van der Waals surface area contributed by atoms with Crippen LogP contribution >= 0.6 is 11.8 Å². The highest BCUT2D eigenvalue weighted by molar-refractivity contribution is 8.00. The molecule has 2 heterocycles. The highest BCUT2D eigenvalue weighted by atomic mass is 32.2. The molecule has 2 rings (SSSR count). The molecule has 0 aromatic carbocycles. The van der Waals surface area contributed by atoms with Gasteiger partial charge in [0.05, 0.1) is 9.74 Å². The molecule has 2 nitrogen and oxygen atoms in total. The van der Waals surface area contributed by atoms with E-state index in [2.05, 4.69) is 85.9 Å². The molecule has 0 unspecified atom stereocenters.